The van der Waals surface area contributed by atoms with E-state index in [9.17, 15) is 9.59 Å². The van der Waals surface area contributed by atoms with Crippen LogP contribution in [0, 0.1) is 0 Å². The van der Waals surface area contributed by atoms with Crippen molar-refractivity contribution in [2.24, 2.45) is 0 Å². The van der Waals surface area contributed by atoms with Gasteiger partial charge in [-0.05, 0) is 60.0 Å². The Labute approximate surface area is 169 Å². The van der Waals surface area contributed by atoms with E-state index < -0.39 is 5.97 Å². The molecule has 0 fully saturated rings. The summed E-state index contributed by atoms with van der Waals surface area (Å²) in [6.45, 7) is 4.25. The molecule has 0 atom stereocenters. The van der Waals surface area contributed by atoms with Gasteiger partial charge in [-0.15, -0.1) is 0 Å². The molecule has 3 aromatic rings. The second-order valence-electron chi connectivity index (χ2n) is 6.85. The van der Waals surface area contributed by atoms with E-state index in [1.165, 1.54) is 12.7 Å². The number of rotatable bonds is 6. The highest BCUT2D eigenvalue weighted by Gasteiger charge is 2.09. The van der Waals surface area contributed by atoms with Crippen molar-refractivity contribution in [1.29, 1.82) is 0 Å². The molecule has 0 spiro atoms. The van der Waals surface area contributed by atoms with Gasteiger partial charge in [0.1, 0.15) is 5.82 Å². The van der Waals surface area contributed by atoms with Crippen molar-refractivity contribution in [2.45, 2.75) is 19.8 Å². The molecule has 1 aromatic heterocycles. The largest absolute Gasteiger partial charge is 0.465 e. The Bertz CT molecular complexity index is 997. The van der Waals surface area contributed by atoms with Gasteiger partial charge in [0.15, 0.2) is 0 Å². The minimum Gasteiger partial charge on any atom is -0.465 e. The van der Waals surface area contributed by atoms with E-state index in [1.807, 2.05) is 24.3 Å². The van der Waals surface area contributed by atoms with Gasteiger partial charge in [0.25, 0.3) is 5.91 Å². The van der Waals surface area contributed by atoms with Gasteiger partial charge in [-0.3, -0.25) is 4.79 Å². The second-order valence-corrected chi connectivity index (χ2v) is 6.85. The third kappa shape index (κ3) is 5.19. The van der Waals surface area contributed by atoms with E-state index in [1.54, 1.807) is 42.6 Å². The Morgan fingerprint density at radius 2 is 1.55 bits per heavy atom. The lowest BCUT2D eigenvalue weighted by Gasteiger charge is -2.10. The molecule has 6 heteroatoms. The fourth-order valence-electron chi connectivity index (χ4n) is 2.75. The minimum absolute atomic E-state index is 0.214. The quantitative estimate of drug-likeness (QED) is 0.581. The summed E-state index contributed by atoms with van der Waals surface area (Å²) in [6, 6.07) is 18.0. The average molecular weight is 389 g/mol. The van der Waals surface area contributed by atoms with Crippen LogP contribution in [0.5, 0.6) is 0 Å². The SMILES string of the molecule is COC(=O)c1ccc(Nc2cc(C(=O)Nc3ccc(C(C)C)cc3)ccn2)cc1. The van der Waals surface area contributed by atoms with E-state index >= 15 is 0 Å². The van der Waals surface area contributed by atoms with Crippen LogP contribution in [-0.4, -0.2) is 24.0 Å². The molecule has 0 aliphatic heterocycles. The van der Waals surface area contributed by atoms with Crippen LogP contribution in [-0.2, 0) is 4.74 Å². The van der Waals surface area contributed by atoms with Gasteiger partial charge in [0, 0.05) is 23.1 Å². The minimum atomic E-state index is -0.394. The summed E-state index contributed by atoms with van der Waals surface area (Å²) < 4.78 is 4.69. The lowest BCUT2D eigenvalue weighted by atomic mass is 10.0. The molecule has 3 rings (SSSR count). The summed E-state index contributed by atoms with van der Waals surface area (Å²) in [6.07, 6.45) is 1.57. The first-order valence-electron chi connectivity index (χ1n) is 9.29. The highest BCUT2D eigenvalue weighted by Crippen LogP contribution is 2.19. The molecular formula is C23H23N3O3. The van der Waals surface area contributed by atoms with Gasteiger partial charge in [-0.1, -0.05) is 26.0 Å². The van der Waals surface area contributed by atoms with E-state index in [4.69, 9.17) is 0 Å². The van der Waals surface area contributed by atoms with Crippen LogP contribution in [0.25, 0.3) is 0 Å². The van der Waals surface area contributed by atoms with Crippen molar-refractivity contribution in [3.63, 3.8) is 0 Å². The van der Waals surface area contributed by atoms with E-state index in [0.29, 0.717) is 22.9 Å². The zero-order valence-corrected chi connectivity index (χ0v) is 16.6. The molecule has 6 nitrogen and oxygen atoms in total. The first-order chi connectivity index (χ1) is 14.0. The summed E-state index contributed by atoms with van der Waals surface area (Å²) in [4.78, 5) is 28.3. The van der Waals surface area contributed by atoms with Crippen LogP contribution in [0.1, 0.15) is 46.0 Å². The van der Waals surface area contributed by atoms with Crippen LogP contribution in [0.15, 0.2) is 66.9 Å². The van der Waals surface area contributed by atoms with Crippen molar-refractivity contribution < 1.29 is 14.3 Å². The maximum atomic E-state index is 12.6. The number of benzene rings is 2. The van der Waals surface area contributed by atoms with Gasteiger partial charge in [0.2, 0.25) is 0 Å². The van der Waals surface area contributed by atoms with Crippen molar-refractivity contribution in [2.75, 3.05) is 17.7 Å². The summed E-state index contributed by atoms with van der Waals surface area (Å²) >= 11 is 0. The Morgan fingerprint density at radius 1 is 0.897 bits per heavy atom. The highest BCUT2D eigenvalue weighted by molar-refractivity contribution is 6.04. The number of carbonyl (C=O) groups excluding carboxylic acids is 2. The number of carbonyl (C=O) groups is 2. The summed E-state index contributed by atoms with van der Waals surface area (Å²) in [5.74, 6) is 0.359. The molecule has 148 valence electrons. The zero-order valence-electron chi connectivity index (χ0n) is 16.6. The fourth-order valence-corrected chi connectivity index (χ4v) is 2.75. The molecule has 0 aliphatic carbocycles. The molecule has 1 amide bonds. The number of hydrogen-bond acceptors (Lipinski definition) is 5. The standard InChI is InChI=1S/C23H23N3O3/c1-15(2)16-4-8-20(9-5-16)26-22(27)18-12-13-24-21(14-18)25-19-10-6-17(7-11-19)23(28)29-3/h4-15H,1-3H3,(H,24,25)(H,26,27). The van der Waals surface area contributed by atoms with Crippen molar-refractivity contribution in [3.8, 4) is 0 Å². The van der Waals surface area contributed by atoms with Gasteiger partial charge >= 0.3 is 5.97 Å². The number of ether oxygens (including phenoxy) is 1. The summed E-state index contributed by atoms with van der Waals surface area (Å²) in [7, 11) is 1.34. The van der Waals surface area contributed by atoms with Crippen molar-refractivity contribution in [1.82, 2.24) is 4.98 Å². The van der Waals surface area contributed by atoms with Crippen molar-refractivity contribution >= 4 is 29.1 Å². The molecule has 0 bridgehead atoms. The number of nitrogens with zero attached hydrogens (tertiary/aromatic N) is 1. The van der Waals surface area contributed by atoms with Crippen LogP contribution in [0.3, 0.4) is 0 Å². The smallest absolute Gasteiger partial charge is 0.337 e. The lowest BCUT2D eigenvalue weighted by Crippen LogP contribution is -2.12. The predicted molar refractivity (Wildman–Crippen MR) is 114 cm³/mol. The Morgan fingerprint density at radius 3 is 2.17 bits per heavy atom. The predicted octanol–water partition coefficient (Wildman–Crippen LogP) is 4.99. The summed E-state index contributed by atoms with van der Waals surface area (Å²) in [5.41, 5.74) is 3.65. The third-order valence-corrected chi connectivity index (χ3v) is 4.44. The number of esters is 1. The maximum Gasteiger partial charge on any atom is 0.337 e. The number of nitrogens with one attached hydrogen (secondary N) is 2. The zero-order chi connectivity index (χ0) is 20.8. The molecule has 29 heavy (non-hydrogen) atoms. The van der Waals surface area contributed by atoms with Crippen LogP contribution in [0.2, 0.25) is 0 Å². The van der Waals surface area contributed by atoms with Crippen LogP contribution in [0.4, 0.5) is 17.2 Å². The average Bonchev–Trinajstić information content (AvgIpc) is 2.74. The molecule has 2 aromatic carbocycles. The van der Waals surface area contributed by atoms with E-state index in [0.717, 1.165) is 11.4 Å². The number of anilines is 3. The maximum absolute atomic E-state index is 12.6. The molecule has 0 unspecified atom stereocenters. The first kappa shape index (κ1) is 20.1. The van der Waals surface area contributed by atoms with Gasteiger partial charge in [-0.25, -0.2) is 9.78 Å². The topological polar surface area (TPSA) is 80.3 Å². The second kappa shape index (κ2) is 9.01. The van der Waals surface area contributed by atoms with Crippen LogP contribution < -0.4 is 10.6 Å². The van der Waals surface area contributed by atoms with E-state index in [2.05, 4.69) is 34.2 Å². The Balaban J connectivity index is 1.68. The Hall–Kier alpha value is -3.67. The highest BCUT2D eigenvalue weighted by atomic mass is 16.5. The summed E-state index contributed by atoms with van der Waals surface area (Å²) in [5, 5.41) is 6.02. The lowest BCUT2D eigenvalue weighted by molar-refractivity contribution is 0.0600. The van der Waals surface area contributed by atoms with Crippen LogP contribution >= 0.6 is 0 Å². The molecule has 0 radical (unpaired) electrons. The van der Waals surface area contributed by atoms with Crippen molar-refractivity contribution in [3.05, 3.63) is 83.6 Å². The normalized spacial score (nSPS) is 10.5. The molecule has 0 saturated carbocycles. The number of pyridine rings is 1. The third-order valence-electron chi connectivity index (χ3n) is 4.44. The van der Waals surface area contributed by atoms with Gasteiger partial charge in [0.05, 0.1) is 12.7 Å². The monoisotopic (exact) mass is 389 g/mol. The number of methoxy groups -OCH3 is 1. The number of hydrogen-bond donors (Lipinski definition) is 2. The number of aromatic nitrogens is 1. The molecule has 0 aliphatic rings. The molecule has 2 N–H and O–H groups in total. The van der Waals surface area contributed by atoms with Gasteiger partial charge in [-0.2, -0.15) is 0 Å². The fraction of sp³-hybridized carbons (Fsp3) is 0.174. The first-order valence-corrected chi connectivity index (χ1v) is 9.29. The Kier molecular flexibility index (Phi) is 6.24. The van der Waals surface area contributed by atoms with Gasteiger partial charge < -0.3 is 15.4 Å². The number of amides is 1. The molecule has 0 saturated heterocycles. The molecule has 1 heterocycles. The van der Waals surface area contributed by atoms with E-state index in [-0.39, 0.29) is 5.91 Å². The molecular weight excluding hydrogens is 366 g/mol.